The van der Waals surface area contributed by atoms with Gasteiger partial charge in [-0.3, -0.25) is 9.78 Å². The van der Waals surface area contributed by atoms with E-state index in [2.05, 4.69) is 29.1 Å². The average molecular weight is 485 g/mol. The summed E-state index contributed by atoms with van der Waals surface area (Å²) in [6.07, 6.45) is 7.82. The van der Waals surface area contributed by atoms with Gasteiger partial charge in [-0.25, -0.2) is 0 Å². The Morgan fingerprint density at radius 2 is 1.72 bits per heavy atom. The number of ketones is 1. The normalized spacial score (nSPS) is 24.3. The van der Waals surface area contributed by atoms with Crippen LogP contribution in [0, 0.1) is 5.92 Å². The molecular weight excluding hydrogens is 452 g/mol. The Balaban J connectivity index is 0.000000391. The van der Waals surface area contributed by atoms with Gasteiger partial charge in [0.05, 0.1) is 14.2 Å². The molecule has 6 rings (SSSR count). The molecule has 2 aromatic carbocycles. The highest BCUT2D eigenvalue weighted by molar-refractivity contribution is 5.96. The quantitative estimate of drug-likeness (QED) is 0.508. The SMILES string of the molecule is COC1=C[C@@H]2[C@@H]3Cc4ccc(OC)c(Oc5ccccc5)c4[C@]2(CCN3C)CC1=O.c1ccncc1. The fraction of sp³-hybridized carbons (Fsp3) is 0.333. The van der Waals surface area contributed by atoms with E-state index in [1.807, 2.05) is 54.6 Å². The van der Waals surface area contributed by atoms with Gasteiger partial charge in [0.15, 0.2) is 23.0 Å². The number of rotatable bonds is 4. The fourth-order valence-corrected chi connectivity index (χ4v) is 6.03. The minimum atomic E-state index is -0.303. The smallest absolute Gasteiger partial charge is 0.197 e. The molecule has 0 amide bonds. The van der Waals surface area contributed by atoms with E-state index in [-0.39, 0.29) is 17.1 Å². The number of methoxy groups -OCH3 is 2. The summed E-state index contributed by atoms with van der Waals surface area (Å²) in [7, 11) is 5.44. The molecule has 2 bridgehead atoms. The Bertz CT molecular complexity index is 1220. The van der Waals surface area contributed by atoms with Crippen LogP contribution in [-0.4, -0.2) is 49.5 Å². The molecule has 0 saturated carbocycles. The molecule has 0 radical (unpaired) electrons. The van der Waals surface area contributed by atoms with Gasteiger partial charge < -0.3 is 19.1 Å². The number of nitrogens with zero attached hydrogens (tertiary/aromatic N) is 2. The predicted molar refractivity (Wildman–Crippen MR) is 138 cm³/mol. The summed E-state index contributed by atoms with van der Waals surface area (Å²) in [5, 5.41) is 0. The van der Waals surface area contributed by atoms with E-state index in [4.69, 9.17) is 14.2 Å². The minimum absolute atomic E-state index is 0.0679. The zero-order chi connectivity index (χ0) is 25.1. The summed E-state index contributed by atoms with van der Waals surface area (Å²) < 4.78 is 17.6. The number of para-hydroxylation sites is 1. The van der Waals surface area contributed by atoms with E-state index in [0.29, 0.717) is 24.0 Å². The van der Waals surface area contributed by atoms with Crippen LogP contribution in [0.5, 0.6) is 17.2 Å². The predicted octanol–water partition coefficient (Wildman–Crippen LogP) is 5.19. The van der Waals surface area contributed by atoms with E-state index in [1.165, 1.54) is 5.56 Å². The molecule has 6 nitrogen and oxygen atoms in total. The third-order valence-corrected chi connectivity index (χ3v) is 7.72. The van der Waals surface area contributed by atoms with Gasteiger partial charge in [-0.1, -0.05) is 30.3 Å². The van der Waals surface area contributed by atoms with Gasteiger partial charge in [0.25, 0.3) is 0 Å². The van der Waals surface area contributed by atoms with E-state index < -0.39 is 0 Å². The van der Waals surface area contributed by atoms with Crippen molar-refractivity contribution in [2.45, 2.75) is 30.7 Å². The van der Waals surface area contributed by atoms with Crippen molar-refractivity contribution in [3.8, 4) is 17.2 Å². The van der Waals surface area contributed by atoms with Crippen molar-refractivity contribution in [2.24, 2.45) is 5.92 Å². The lowest BCUT2D eigenvalue weighted by molar-refractivity contribution is -0.122. The van der Waals surface area contributed by atoms with Crippen molar-refractivity contribution in [1.29, 1.82) is 0 Å². The first-order valence-corrected chi connectivity index (χ1v) is 12.3. The summed E-state index contributed by atoms with van der Waals surface area (Å²) in [4.78, 5) is 19.2. The third-order valence-electron chi connectivity index (χ3n) is 7.72. The number of likely N-dealkylation sites (tertiary alicyclic amines) is 1. The standard InChI is InChI=1S/C25H27NO4.C5H5N/c1-26-12-11-25-15-20(27)22(29-3)14-18(25)19(26)13-16-9-10-21(28-2)24(23(16)25)30-17-7-5-4-6-8-17;1-2-4-6-5-3-1/h4-10,14,18-19H,11-13,15H2,1-3H3;1-5H/t18-,19+,25-;/m1./s1. The number of likely N-dealkylation sites (N-methyl/N-ethyl adjacent to an activating group) is 1. The zero-order valence-corrected chi connectivity index (χ0v) is 21.0. The number of piperidine rings is 1. The van der Waals surface area contributed by atoms with Crippen molar-refractivity contribution >= 4 is 5.78 Å². The first kappa shape index (κ1) is 24.1. The number of carbonyl (C=O) groups excluding carboxylic acids is 1. The van der Waals surface area contributed by atoms with Gasteiger partial charge in [-0.2, -0.15) is 0 Å². The average Bonchev–Trinajstić information content (AvgIpc) is 2.92. The Labute approximate surface area is 212 Å². The number of Topliss-reactive ketones (excluding diaryl/α,β-unsaturated/α-hetero) is 1. The number of fused-ring (bicyclic) bond motifs is 1. The molecule has 1 saturated heterocycles. The van der Waals surface area contributed by atoms with Crippen molar-refractivity contribution in [2.75, 3.05) is 27.8 Å². The number of carbonyl (C=O) groups is 1. The molecular formula is C30H32N2O4. The van der Waals surface area contributed by atoms with Gasteiger partial charge in [0.2, 0.25) is 0 Å². The van der Waals surface area contributed by atoms with Crippen LogP contribution < -0.4 is 9.47 Å². The lowest BCUT2D eigenvalue weighted by Gasteiger charge is -2.56. The molecule has 1 aromatic heterocycles. The van der Waals surface area contributed by atoms with Crippen molar-refractivity contribution in [3.05, 3.63) is 96.0 Å². The number of hydrogen-bond donors (Lipinski definition) is 0. The van der Waals surface area contributed by atoms with Crippen LogP contribution in [0.3, 0.4) is 0 Å². The fourth-order valence-electron chi connectivity index (χ4n) is 6.03. The summed E-state index contributed by atoms with van der Waals surface area (Å²) >= 11 is 0. The number of allylic oxidation sites excluding steroid dienone is 1. The second kappa shape index (κ2) is 10.2. The summed E-state index contributed by atoms with van der Waals surface area (Å²) in [5.41, 5.74) is 2.08. The van der Waals surface area contributed by atoms with Crippen LogP contribution >= 0.6 is 0 Å². The minimum Gasteiger partial charge on any atom is -0.493 e. The Hall–Kier alpha value is -3.64. The molecule has 0 unspecified atom stereocenters. The molecule has 2 aliphatic carbocycles. The Kier molecular flexibility index (Phi) is 6.79. The molecule has 1 fully saturated rings. The second-order valence-corrected chi connectivity index (χ2v) is 9.59. The summed E-state index contributed by atoms with van der Waals surface area (Å²) in [6.45, 7) is 0.950. The van der Waals surface area contributed by atoms with Gasteiger partial charge in [0.1, 0.15) is 5.75 Å². The van der Waals surface area contributed by atoms with Crippen molar-refractivity contribution in [3.63, 3.8) is 0 Å². The topological polar surface area (TPSA) is 60.9 Å². The first-order valence-electron chi connectivity index (χ1n) is 12.3. The number of pyridine rings is 1. The van der Waals surface area contributed by atoms with E-state index in [9.17, 15) is 4.79 Å². The van der Waals surface area contributed by atoms with Crippen LogP contribution in [0.4, 0.5) is 0 Å². The maximum atomic E-state index is 13.0. The lowest BCUT2D eigenvalue weighted by atomic mass is 9.53. The van der Waals surface area contributed by atoms with Crippen molar-refractivity contribution < 1.29 is 19.0 Å². The maximum Gasteiger partial charge on any atom is 0.197 e. The van der Waals surface area contributed by atoms with Crippen LogP contribution in [0.2, 0.25) is 0 Å². The van der Waals surface area contributed by atoms with Gasteiger partial charge >= 0.3 is 0 Å². The molecule has 186 valence electrons. The summed E-state index contributed by atoms with van der Waals surface area (Å²) in [6, 6.07) is 20.0. The molecule has 0 N–H and O–H groups in total. The molecule has 3 atom stereocenters. The van der Waals surface area contributed by atoms with Crippen LogP contribution in [0.15, 0.2) is 84.9 Å². The summed E-state index contributed by atoms with van der Waals surface area (Å²) in [5.74, 6) is 2.98. The zero-order valence-electron chi connectivity index (χ0n) is 21.0. The highest BCUT2D eigenvalue weighted by Gasteiger charge is 2.56. The Morgan fingerprint density at radius 3 is 2.36 bits per heavy atom. The molecule has 3 aromatic rings. The number of aromatic nitrogens is 1. The van der Waals surface area contributed by atoms with Gasteiger partial charge in [-0.05, 0) is 68.4 Å². The molecule has 3 aliphatic rings. The molecule has 6 heteroatoms. The molecule has 1 aliphatic heterocycles. The molecule has 0 spiro atoms. The lowest BCUT2D eigenvalue weighted by Crippen LogP contribution is -2.60. The highest BCUT2D eigenvalue weighted by Crippen LogP contribution is 2.58. The third kappa shape index (κ3) is 4.26. The van der Waals surface area contributed by atoms with E-state index in [1.54, 1.807) is 26.6 Å². The van der Waals surface area contributed by atoms with Crippen LogP contribution in [-0.2, 0) is 21.4 Å². The van der Waals surface area contributed by atoms with Crippen LogP contribution in [0.1, 0.15) is 24.0 Å². The van der Waals surface area contributed by atoms with Gasteiger partial charge in [-0.15, -0.1) is 0 Å². The maximum absolute atomic E-state index is 13.0. The first-order chi connectivity index (χ1) is 17.6. The van der Waals surface area contributed by atoms with Crippen LogP contribution in [0.25, 0.3) is 0 Å². The van der Waals surface area contributed by atoms with E-state index in [0.717, 1.165) is 36.4 Å². The highest BCUT2D eigenvalue weighted by atomic mass is 16.5. The number of ether oxygens (including phenoxy) is 3. The monoisotopic (exact) mass is 484 g/mol. The number of hydrogen-bond acceptors (Lipinski definition) is 6. The molecule has 2 heterocycles. The number of benzene rings is 2. The molecule has 36 heavy (non-hydrogen) atoms. The largest absolute Gasteiger partial charge is 0.493 e. The van der Waals surface area contributed by atoms with Crippen molar-refractivity contribution in [1.82, 2.24) is 9.88 Å². The van der Waals surface area contributed by atoms with E-state index >= 15 is 0 Å². The second-order valence-electron chi connectivity index (χ2n) is 9.59. The van der Waals surface area contributed by atoms with Gasteiger partial charge in [0, 0.05) is 41.8 Å². The Morgan fingerprint density at radius 1 is 0.972 bits per heavy atom.